The molecule has 1 atom stereocenters. The fraction of sp³-hybridized carbons (Fsp3) is 0.545. The molecule has 0 aliphatic heterocycles. The van der Waals surface area contributed by atoms with E-state index in [9.17, 15) is 14.7 Å². The molecular formula is C11H15N3O3. The molecule has 1 aromatic heterocycles. The molecule has 0 saturated heterocycles. The molecule has 0 bridgehead atoms. The lowest BCUT2D eigenvalue weighted by molar-refractivity contribution is -0.122. The minimum atomic E-state index is -0.468. The van der Waals surface area contributed by atoms with Crippen molar-refractivity contribution < 1.29 is 9.90 Å². The van der Waals surface area contributed by atoms with Gasteiger partial charge in [0.2, 0.25) is 5.91 Å². The van der Waals surface area contributed by atoms with Crippen LogP contribution in [-0.4, -0.2) is 33.2 Å². The first kappa shape index (κ1) is 11.8. The number of nitrogens with one attached hydrogen (secondary N) is 1. The normalized spacial score (nSPS) is 16.5. The molecule has 1 aromatic rings. The minimum absolute atomic E-state index is 0.0654. The highest BCUT2D eigenvalue weighted by Gasteiger charge is 2.29. The number of aromatic nitrogens is 2. The van der Waals surface area contributed by atoms with Gasteiger partial charge in [0.15, 0.2) is 0 Å². The molecule has 1 heterocycles. The second-order valence-corrected chi connectivity index (χ2v) is 4.24. The van der Waals surface area contributed by atoms with Crippen LogP contribution < -0.4 is 11.0 Å². The number of aliphatic hydroxyl groups is 1. The van der Waals surface area contributed by atoms with Crippen LogP contribution in [0.25, 0.3) is 0 Å². The maximum Gasteiger partial charge on any atom is 0.347 e. The smallest absolute Gasteiger partial charge is 0.347 e. The van der Waals surface area contributed by atoms with Crippen LogP contribution in [0.5, 0.6) is 0 Å². The zero-order valence-electron chi connectivity index (χ0n) is 9.37. The summed E-state index contributed by atoms with van der Waals surface area (Å²) in [5.41, 5.74) is -0.453. The molecule has 1 aliphatic rings. The summed E-state index contributed by atoms with van der Waals surface area (Å²) in [7, 11) is 0. The topological polar surface area (TPSA) is 84.2 Å². The third kappa shape index (κ3) is 3.39. The third-order valence-corrected chi connectivity index (χ3v) is 2.77. The lowest BCUT2D eigenvalue weighted by Gasteiger charge is -2.11. The van der Waals surface area contributed by atoms with E-state index in [1.54, 1.807) is 6.07 Å². The Hall–Kier alpha value is -1.69. The second-order valence-electron chi connectivity index (χ2n) is 4.24. The fourth-order valence-corrected chi connectivity index (χ4v) is 1.58. The van der Waals surface area contributed by atoms with Crippen molar-refractivity contribution in [1.29, 1.82) is 0 Å². The molecule has 0 aromatic carbocycles. The third-order valence-electron chi connectivity index (χ3n) is 2.77. The van der Waals surface area contributed by atoms with E-state index in [4.69, 9.17) is 0 Å². The van der Waals surface area contributed by atoms with Gasteiger partial charge in [-0.25, -0.2) is 9.78 Å². The van der Waals surface area contributed by atoms with Crippen LogP contribution in [0.1, 0.15) is 12.8 Å². The second kappa shape index (κ2) is 5.09. The molecule has 1 fully saturated rings. The molecule has 0 radical (unpaired) electrons. The summed E-state index contributed by atoms with van der Waals surface area (Å²) in [5.74, 6) is 0.0382. The highest BCUT2D eigenvalue weighted by Crippen LogP contribution is 2.32. The number of carbonyl (C=O) groups is 1. The van der Waals surface area contributed by atoms with Crippen LogP contribution in [0.4, 0.5) is 0 Å². The number of carbonyl (C=O) groups excluding carboxylic acids is 1. The molecule has 1 saturated carbocycles. The van der Waals surface area contributed by atoms with Crippen LogP contribution in [0.2, 0.25) is 0 Å². The summed E-state index contributed by atoms with van der Waals surface area (Å²) >= 11 is 0. The van der Waals surface area contributed by atoms with Crippen molar-refractivity contribution in [3.63, 3.8) is 0 Å². The van der Waals surface area contributed by atoms with Crippen LogP contribution in [0.15, 0.2) is 23.3 Å². The molecule has 2 rings (SSSR count). The summed E-state index contributed by atoms with van der Waals surface area (Å²) in [6.45, 7) is 0.183. The van der Waals surface area contributed by atoms with Crippen molar-refractivity contribution >= 4 is 5.91 Å². The number of nitrogens with zero attached hydrogens (tertiary/aromatic N) is 2. The van der Waals surface area contributed by atoms with Crippen LogP contribution in [-0.2, 0) is 11.3 Å². The molecule has 92 valence electrons. The van der Waals surface area contributed by atoms with E-state index in [1.165, 1.54) is 17.0 Å². The Labute approximate surface area is 98.3 Å². The Kier molecular flexibility index (Phi) is 3.53. The lowest BCUT2D eigenvalue weighted by Crippen LogP contribution is -2.37. The lowest BCUT2D eigenvalue weighted by atomic mass is 10.2. The van der Waals surface area contributed by atoms with Gasteiger partial charge in [-0.05, 0) is 24.8 Å². The Morgan fingerprint density at radius 3 is 3.06 bits per heavy atom. The first-order valence-corrected chi connectivity index (χ1v) is 5.63. The van der Waals surface area contributed by atoms with E-state index >= 15 is 0 Å². The van der Waals surface area contributed by atoms with Gasteiger partial charge in [-0.15, -0.1) is 0 Å². The molecule has 1 unspecified atom stereocenters. The summed E-state index contributed by atoms with van der Waals surface area (Å²) < 4.78 is 1.22. The van der Waals surface area contributed by atoms with Gasteiger partial charge >= 0.3 is 5.69 Å². The number of rotatable bonds is 5. The predicted molar refractivity (Wildman–Crippen MR) is 60.2 cm³/mol. The molecule has 0 spiro atoms. The van der Waals surface area contributed by atoms with Crippen molar-refractivity contribution in [3.8, 4) is 0 Å². The molecule has 2 N–H and O–H groups in total. The quantitative estimate of drug-likeness (QED) is 0.697. The van der Waals surface area contributed by atoms with E-state index in [-0.39, 0.29) is 19.0 Å². The number of amides is 1. The fourth-order valence-electron chi connectivity index (χ4n) is 1.58. The molecule has 6 nitrogen and oxygen atoms in total. The molecule has 17 heavy (non-hydrogen) atoms. The first-order chi connectivity index (χ1) is 8.16. The largest absolute Gasteiger partial charge is 0.391 e. The van der Waals surface area contributed by atoms with E-state index in [1.807, 2.05) is 0 Å². The van der Waals surface area contributed by atoms with E-state index in [2.05, 4.69) is 10.3 Å². The van der Waals surface area contributed by atoms with Gasteiger partial charge in [-0.3, -0.25) is 9.36 Å². The van der Waals surface area contributed by atoms with Crippen LogP contribution >= 0.6 is 0 Å². The maximum atomic E-state index is 11.5. The van der Waals surface area contributed by atoms with Crippen LogP contribution in [0, 0.1) is 5.92 Å². The van der Waals surface area contributed by atoms with Gasteiger partial charge in [-0.2, -0.15) is 0 Å². The number of hydrogen-bond donors (Lipinski definition) is 2. The van der Waals surface area contributed by atoms with Crippen molar-refractivity contribution in [2.75, 3.05) is 6.54 Å². The van der Waals surface area contributed by atoms with E-state index in [0.29, 0.717) is 5.92 Å². The van der Waals surface area contributed by atoms with Crippen molar-refractivity contribution in [2.24, 2.45) is 5.92 Å². The maximum absolute atomic E-state index is 11.5. The number of aliphatic hydroxyl groups excluding tert-OH is 1. The SMILES string of the molecule is O=C(Cn1cccnc1=O)NCC(O)C1CC1. The van der Waals surface area contributed by atoms with Crippen molar-refractivity contribution in [3.05, 3.63) is 28.9 Å². The van der Waals surface area contributed by atoms with Crippen molar-refractivity contribution in [1.82, 2.24) is 14.9 Å². The Morgan fingerprint density at radius 2 is 2.41 bits per heavy atom. The van der Waals surface area contributed by atoms with Gasteiger partial charge in [0.05, 0.1) is 6.10 Å². The Bertz CT molecular complexity index is 453. The first-order valence-electron chi connectivity index (χ1n) is 5.63. The zero-order chi connectivity index (χ0) is 12.3. The van der Waals surface area contributed by atoms with Gasteiger partial charge in [-0.1, -0.05) is 0 Å². The van der Waals surface area contributed by atoms with Gasteiger partial charge in [0.1, 0.15) is 6.54 Å². The van der Waals surface area contributed by atoms with Crippen LogP contribution in [0.3, 0.4) is 0 Å². The monoisotopic (exact) mass is 237 g/mol. The average molecular weight is 237 g/mol. The highest BCUT2D eigenvalue weighted by molar-refractivity contribution is 5.75. The standard InChI is InChI=1S/C11H15N3O3/c15-9(8-2-3-8)6-13-10(16)7-14-5-1-4-12-11(14)17/h1,4-5,8-9,15H,2-3,6-7H2,(H,13,16). The van der Waals surface area contributed by atoms with Gasteiger partial charge < -0.3 is 10.4 Å². The predicted octanol–water partition coefficient (Wildman–Crippen LogP) is -0.870. The van der Waals surface area contributed by atoms with E-state index < -0.39 is 11.8 Å². The summed E-state index contributed by atoms with van der Waals surface area (Å²) in [4.78, 5) is 26.3. The number of hydrogen-bond acceptors (Lipinski definition) is 4. The summed E-state index contributed by atoms with van der Waals surface area (Å²) in [6.07, 6.45) is 4.47. The highest BCUT2D eigenvalue weighted by atomic mass is 16.3. The van der Waals surface area contributed by atoms with Gasteiger partial charge in [0.25, 0.3) is 0 Å². The molecule has 1 amide bonds. The molecule has 6 heteroatoms. The minimum Gasteiger partial charge on any atom is -0.391 e. The summed E-state index contributed by atoms with van der Waals surface area (Å²) in [6, 6.07) is 1.59. The summed E-state index contributed by atoms with van der Waals surface area (Å²) in [5, 5.41) is 12.2. The zero-order valence-corrected chi connectivity index (χ0v) is 9.37. The Balaban J connectivity index is 1.81. The van der Waals surface area contributed by atoms with Crippen molar-refractivity contribution in [2.45, 2.75) is 25.5 Å². The van der Waals surface area contributed by atoms with Gasteiger partial charge in [0, 0.05) is 18.9 Å². The molecular weight excluding hydrogens is 222 g/mol. The average Bonchev–Trinajstić information content (AvgIpc) is 3.13. The molecule has 1 aliphatic carbocycles. The Morgan fingerprint density at radius 1 is 1.65 bits per heavy atom. The van der Waals surface area contributed by atoms with E-state index in [0.717, 1.165) is 12.8 Å².